The van der Waals surface area contributed by atoms with Gasteiger partial charge in [0.05, 0.1) is 12.3 Å². The van der Waals surface area contributed by atoms with E-state index in [1.54, 1.807) is 28.6 Å². The Labute approximate surface area is 167 Å². The van der Waals surface area contributed by atoms with Gasteiger partial charge >= 0.3 is 0 Å². The highest BCUT2D eigenvalue weighted by Gasteiger charge is 2.04. The van der Waals surface area contributed by atoms with E-state index in [0.29, 0.717) is 17.3 Å². The van der Waals surface area contributed by atoms with Crippen LogP contribution < -0.4 is 10.9 Å². The number of nitrogens with one attached hydrogen (secondary N) is 1. The topological polar surface area (TPSA) is 51.1 Å². The first kappa shape index (κ1) is 19.3. The standard InChI is InChI=1S/C21H19ClN2O2S/c22-18-5-3-4-17(12-18)14-27-15-20(25)23-19-9-7-16(8-10-19)13-24-11-2-1-6-21(24)26/h1-12H,13-15H2,(H,23,25). The summed E-state index contributed by atoms with van der Waals surface area (Å²) in [7, 11) is 0. The summed E-state index contributed by atoms with van der Waals surface area (Å²) in [4.78, 5) is 23.8. The molecule has 0 atom stereocenters. The molecule has 0 fully saturated rings. The molecule has 0 aliphatic heterocycles. The summed E-state index contributed by atoms with van der Waals surface area (Å²) in [5, 5.41) is 3.59. The van der Waals surface area contributed by atoms with E-state index in [-0.39, 0.29) is 11.5 Å². The maximum Gasteiger partial charge on any atom is 0.250 e. The quantitative estimate of drug-likeness (QED) is 0.640. The molecule has 3 rings (SSSR count). The number of nitrogens with zero attached hydrogens (tertiary/aromatic N) is 1. The minimum Gasteiger partial charge on any atom is -0.325 e. The van der Waals surface area contributed by atoms with Gasteiger partial charge in [-0.3, -0.25) is 9.59 Å². The van der Waals surface area contributed by atoms with Crippen LogP contribution in [0, 0.1) is 0 Å². The molecule has 1 heterocycles. The number of pyridine rings is 1. The largest absolute Gasteiger partial charge is 0.325 e. The van der Waals surface area contributed by atoms with E-state index >= 15 is 0 Å². The number of hydrogen-bond acceptors (Lipinski definition) is 3. The van der Waals surface area contributed by atoms with Gasteiger partial charge in [-0.2, -0.15) is 0 Å². The summed E-state index contributed by atoms with van der Waals surface area (Å²) >= 11 is 7.50. The molecule has 0 saturated heterocycles. The molecule has 0 radical (unpaired) electrons. The SMILES string of the molecule is O=C(CSCc1cccc(Cl)c1)Nc1ccc(Cn2ccccc2=O)cc1. The third-order valence-corrected chi connectivity index (χ3v) is 5.12. The van der Waals surface area contributed by atoms with Gasteiger partial charge < -0.3 is 9.88 Å². The molecule has 0 spiro atoms. The zero-order valence-corrected chi connectivity index (χ0v) is 16.2. The molecule has 0 aliphatic carbocycles. The molecule has 0 bridgehead atoms. The molecule has 1 aromatic heterocycles. The number of thioether (sulfide) groups is 1. The minimum atomic E-state index is -0.0472. The lowest BCUT2D eigenvalue weighted by Crippen LogP contribution is -2.18. The lowest BCUT2D eigenvalue weighted by Gasteiger charge is -2.08. The summed E-state index contributed by atoms with van der Waals surface area (Å²) in [5.41, 5.74) is 2.80. The summed E-state index contributed by atoms with van der Waals surface area (Å²) in [6, 6.07) is 20.3. The molecule has 27 heavy (non-hydrogen) atoms. The Morgan fingerprint density at radius 2 is 1.81 bits per heavy atom. The number of anilines is 1. The van der Waals surface area contributed by atoms with E-state index in [1.165, 1.54) is 6.07 Å². The monoisotopic (exact) mass is 398 g/mol. The molecule has 0 unspecified atom stereocenters. The van der Waals surface area contributed by atoms with Crippen molar-refractivity contribution in [1.29, 1.82) is 0 Å². The molecule has 3 aromatic rings. The van der Waals surface area contributed by atoms with Crippen LogP contribution in [0.5, 0.6) is 0 Å². The Morgan fingerprint density at radius 1 is 1.00 bits per heavy atom. The smallest absolute Gasteiger partial charge is 0.250 e. The maximum absolute atomic E-state index is 12.1. The van der Waals surface area contributed by atoms with E-state index in [0.717, 1.165) is 22.6 Å². The number of aromatic nitrogens is 1. The first-order chi connectivity index (χ1) is 13.1. The van der Waals surface area contributed by atoms with Gasteiger partial charge in [0.2, 0.25) is 5.91 Å². The molecular weight excluding hydrogens is 380 g/mol. The summed E-state index contributed by atoms with van der Waals surface area (Å²) in [5.74, 6) is 1.06. The molecule has 0 saturated carbocycles. The van der Waals surface area contributed by atoms with Gasteiger partial charge in [-0.05, 0) is 41.5 Å². The van der Waals surface area contributed by atoms with Crippen molar-refractivity contribution >= 4 is 35.0 Å². The molecule has 1 N–H and O–H groups in total. The van der Waals surface area contributed by atoms with Crippen LogP contribution in [0.25, 0.3) is 0 Å². The van der Waals surface area contributed by atoms with Crippen LogP contribution in [0.3, 0.4) is 0 Å². The van der Waals surface area contributed by atoms with Crippen molar-refractivity contribution in [3.8, 4) is 0 Å². The Bertz CT molecular complexity index is 970. The molecule has 6 heteroatoms. The number of halogens is 1. The second-order valence-electron chi connectivity index (χ2n) is 6.03. The van der Waals surface area contributed by atoms with E-state index in [2.05, 4.69) is 5.32 Å². The third-order valence-electron chi connectivity index (χ3n) is 3.88. The Balaban J connectivity index is 1.48. The van der Waals surface area contributed by atoms with Crippen molar-refractivity contribution in [2.75, 3.05) is 11.1 Å². The predicted octanol–water partition coefficient (Wildman–Crippen LogP) is 4.42. The fourth-order valence-electron chi connectivity index (χ4n) is 2.57. The van der Waals surface area contributed by atoms with Crippen molar-refractivity contribution in [3.05, 3.63) is 99.4 Å². The fourth-order valence-corrected chi connectivity index (χ4v) is 3.55. The normalized spacial score (nSPS) is 10.6. The van der Waals surface area contributed by atoms with Gasteiger partial charge in [0, 0.05) is 28.7 Å². The first-order valence-electron chi connectivity index (χ1n) is 8.46. The number of hydrogen-bond donors (Lipinski definition) is 1. The Morgan fingerprint density at radius 3 is 2.56 bits per heavy atom. The van der Waals surface area contributed by atoms with Crippen molar-refractivity contribution in [2.24, 2.45) is 0 Å². The maximum atomic E-state index is 12.1. The number of amides is 1. The predicted molar refractivity (Wildman–Crippen MR) is 112 cm³/mol. The Kier molecular flexibility index (Phi) is 6.74. The molecule has 1 amide bonds. The van der Waals surface area contributed by atoms with Gasteiger partial charge in [-0.25, -0.2) is 0 Å². The van der Waals surface area contributed by atoms with Crippen molar-refractivity contribution < 1.29 is 4.79 Å². The van der Waals surface area contributed by atoms with Crippen LogP contribution in [0.4, 0.5) is 5.69 Å². The lowest BCUT2D eigenvalue weighted by molar-refractivity contribution is -0.113. The number of carbonyl (C=O) groups excluding carboxylic acids is 1. The van der Waals surface area contributed by atoms with E-state index in [9.17, 15) is 9.59 Å². The van der Waals surface area contributed by atoms with Crippen LogP contribution in [0.15, 0.2) is 77.7 Å². The van der Waals surface area contributed by atoms with Crippen LogP contribution in [0.1, 0.15) is 11.1 Å². The highest BCUT2D eigenvalue weighted by Crippen LogP contribution is 2.17. The number of carbonyl (C=O) groups is 1. The van der Waals surface area contributed by atoms with Gasteiger partial charge in [-0.15, -0.1) is 11.8 Å². The number of benzene rings is 2. The average Bonchev–Trinajstić information content (AvgIpc) is 2.65. The minimum absolute atomic E-state index is 0.0355. The summed E-state index contributed by atoms with van der Waals surface area (Å²) in [6.45, 7) is 0.503. The van der Waals surface area contributed by atoms with Crippen LogP contribution >= 0.6 is 23.4 Å². The second-order valence-corrected chi connectivity index (χ2v) is 7.46. The van der Waals surface area contributed by atoms with E-state index < -0.39 is 0 Å². The second kappa shape index (κ2) is 9.44. The van der Waals surface area contributed by atoms with Crippen LogP contribution in [-0.4, -0.2) is 16.2 Å². The highest BCUT2D eigenvalue weighted by atomic mass is 35.5. The summed E-state index contributed by atoms with van der Waals surface area (Å²) in [6.07, 6.45) is 1.76. The Hall–Kier alpha value is -2.50. The van der Waals surface area contributed by atoms with Crippen molar-refractivity contribution in [1.82, 2.24) is 4.57 Å². The fraction of sp³-hybridized carbons (Fsp3) is 0.143. The zero-order chi connectivity index (χ0) is 19.1. The zero-order valence-electron chi connectivity index (χ0n) is 14.6. The number of rotatable bonds is 7. The third kappa shape index (κ3) is 6.01. The molecular formula is C21H19ClN2O2S. The highest BCUT2D eigenvalue weighted by molar-refractivity contribution is 7.99. The van der Waals surface area contributed by atoms with Crippen LogP contribution in [-0.2, 0) is 17.1 Å². The van der Waals surface area contributed by atoms with Gasteiger partial charge in [0.25, 0.3) is 5.56 Å². The molecule has 4 nitrogen and oxygen atoms in total. The van der Waals surface area contributed by atoms with Crippen molar-refractivity contribution in [2.45, 2.75) is 12.3 Å². The molecule has 0 aliphatic rings. The van der Waals surface area contributed by atoms with Crippen molar-refractivity contribution in [3.63, 3.8) is 0 Å². The summed E-state index contributed by atoms with van der Waals surface area (Å²) < 4.78 is 1.64. The van der Waals surface area contributed by atoms with Crippen LogP contribution in [0.2, 0.25) is 5.02 Å². The van der Waals surface area contributed by atoms with E-state index in [4.69, 9.17) is 11.6 Å². The first-order valence-corrected chi connectivity index (χ1v) is 10.00. The average molecular weight is 399 g/mol. The molecule has 2 aromatic carbocycles. The van der Waals surface area contributed by atoms with Gasteiger partial charge in [0.1, 0.15) is 0 Å². The van der Waals surface area contributed by atoms with Gasteiger partial charge in [-0.1, -0.05) is 41.9 Å². The van der Waals surface area contributed by atoms with E-state index in [1.807, 2.05) is 54.6 Å². The lowest BCUT2D eigenvalue weighted by atomic mass is 10.2. The molecule has 138 valence electrons. The van der Waals surface area contributed by atoms with Gasteiger partial charge in [0.15, 0.2) is 0 Å².